The second-order valence-corrected chi connectivity index (χ2v) is 9.14. The van der Waals surface area contributed by atoms with Gasteiger partial charge in [-0.25, -0.2) is 13.2 Å². The van der Waals surface area contributed by atoms with Gasteiger partial charge in [-0.05, 0) is 62.4 Å². The highest BCUT2D eigenvalue weighted by molar-refractivity contribution is 7.92. The molecule has 0 atom stereocenters. The first-order chi connectivity index (χ1) is 15.2. The Balaban J connectivity index is 1.87. The smallest absolute Gasteiger partial charge is 0.337 e. The Morgan fingerprint density at radius 3 is 1.91 bits per heavy atom. The highest BCUT2D eigenvalue weighted by Gasteiger charge is 2.27. The van der Waals surface area contributed by atoms with Gasteiger partial charge in [0.1, 0.15) is 6.54 Å². The lowest BCUT2D eigenvalue weighted by Crippen LogP contribution is -2.38. The average Bonchev–Trinajstić information content (AvgIpc) is 2.78. The van der Waals surface area contributed by atoms with E-state index in [4.69, 9.17) is 0 Å². The van der Waals surface area contributed by atoms with Crippen LogP contribution in [0.1, 0.15) is 21.5 Å². The topological polar surface area (TPSA) is 92.8 Å². The maximum atomic E-state index is 13.4. The Kier molecular flexibility index (Phi) is 6.95. The molecule has 0 spiro atoms. The minimum absolute atomic E-state index is 0.0962. The normalized spacial score (nSPS) is 11.0. The summed E-state index contributed by atoms with van der Waals surface area (Å²) in [6.07, 6.45) is 0. The molecule has 0 radical (unpaired) electrons. The highest BCUT2D eigenvalue weighted by atomic mass is 32.2. The van der Waals surface area contributed by atoms with E-state index >= 15 is 0 Å². The first kappa shape index (κ1) is 23.0. The molecular formula is C24H24N2O5S. The van der Waals surface area contributed by atoms with Gasteiger partial charge in [-0.15, -0.1) is 0 Å². The number of rotatable bonds is 7. The largest absolute Gasteiger partial charge is 0.465 e. The second kappa shape index (κ2) is 9.65. The molecule has 0 aromatic heterocycles. The van der Waals surface area contributed by atoms with E-state index in [9.17, 15) is 18.0 Å². The number of amides is 1. The van der Waals surface area contributed by atoms with Crippen molar-refractivity contribution < 1.29 is 22.7 Å². The zero-order chi connectivity index (χ0) is 23.3. The molecule has 0 saturated carbocycles. The molecule has 3 rings (SSSR count). The number of sulfonamides is 1. The van der Waals surface area contributed by atoms with E-state index in [1.807, 2.05) is 13.8 Å². The lowest BCUT2D eigenvalue weighted by molar-refractivity contribution is -0.114. The third kappa shape index (κ3) is 5.33. The van der Waals surface area contributed by atoms with Gasteiger partial charge in [0.2, 0.25) is 5.91 Å². The fraction of sp³-hybridized carbons (Fsp3) is 0.167. The van der Waals surface area contributed by atoms with Crippen molar-refractivity contribution in [1.82, 2.24) is 0 Å². The van der Waals surface area contributed by atoms with Crippen LogP contribution in [0.2, 0.25) is 0 Å². The lowest BCUT2D eigenvalue weighted by Gasteiger charge is -2.24. The van der Waals surface area contributed by atoms with Crippen molar-refractivity contribution in [2.24, 2.45) is 0 Å². The Hall–Kier alpha value is -3.65. The summed E-state index contributed by atoms with van der Waals surface area (Å²) in [5.41, 5.74) is 3.05. The van der Waals surface area contributed by atoms with Gasteiger partial charge in [0, 0.05) is 5.69 Å². The number of carbonyl (C=O) groups is 2. The van der Waals surface area contributed by atoms with Crippen LogP contribution >= 0.6 is 0 Å². The molecule has 0 aliphatic rings. The number of nitrogens with zero attached hydrogens (tertiary/aromatic N) is 1. The summed E-state index contributed by atoms with van der Waals surface area (Å²) in [4.78, 5) is 24.4. The van der Waals surface area contributed by atoms with Crippen LogP contribution < -0.4 is 9.62 Å². The number of hydrogen-bond donors (Lipinski definition) is 1. The van der Waals surface area contributed by atoms with Crippen molar-refractivity contribution in [3.8, 4) is 0 Å². The first-order valence-electron chi connectivity index (χ1n) is 9.85. The summed E-state index contributed by atoms with van der Waals surface area (Å²) in [5.74, 6) is -1.01. The molecule has 1 N–H and O–H groups in total. The number of aryl methyl sites for hydroxylation is 2. The van der Waals surface area contributed by atoms with E-state index in [1.54, 1.807) is 48.5 Å². The molecule has 7 nitrogen and oxygen atoms in total. The quantitative estimate of drug-likeness (QED) is 0.549. The predicted molar refractivity (Wildman–Crippen MR) is 123 cm³/mol. The van der Waals surface area contributed by atoms with Crippen molar-refractivity contribution in [3.05, 3.63) is 89.5 Å². The van der Waals surface area contributed by atoms with Crippen LogP contribution in [0.15, 0.2) is 77.7 Å². The Morgan fingerprint density at radius 2 is 1.38 bits per heavy atom. The molecule has 32 heavy (non-hydrogen) atoms. The van der Waals surface area contributed by atoms with E-state index < -0.39 is 28.4 Å². The number of carbonyl (C=O) groups excluding carboxylic acids is 2. The minimum Gasteiger partial charge on any atom is -0.465 e. The van der Waals surface area contributed by atoms with Crippen LogP contribution in [0.4, 0.5) is 11.4 Å². The van der Waals surface area contributed by atoms with Crippen LogP contribution in [0.3, 0.4) is 0 Å². The predicted octanol–water partition coefficient (Wildman–Crippen LogP) is 3.92. The summed E-state index contributed by atoms with van der Waals surface area (Å²) in [6, 6.07) is 19.5. The van der Waals surface area contributed by atoms with Crippen LogP contribution in [0.5, 0.6) is 0 Å². The van der Waals surface area contributed by atoms with E-state index in [1.165, 1.54) is 31.4 Å². The standard InChI is InChI=1S/C24H24N2O5S/c1-17-4-12-21(13-5-17)26(32(29,30)22-14-6-18(2)7-15-22)16-23(27)25-20-10-8-19(9-11-20)24(28)31-3/h4-15H,16H2,1-3H3,(H,25,27). The fourth-order valence-electron chi connectivity index (χ4n) is 3.00. The van der Waals surface area contributed by atoms with Crippen molar-refractivity contribution in [2.75, 3.05) is 23.3 Å². The minimum atomic E-state index is -3.98. The molecule has 8 heteroatoms. The Morgan fingerprint density at radius 1 is 0.844 bits per heavy atom. The number of hydrogen-bond acceptors (Lipinski definition) is 5. The molecule has 3 aromatic carbocycles. The molecule has 166 valence electrons. The van der Waals surface area contributed by atoms with Gasteiger partial charge in [-0.2, -0.15) is 0 Å². The SMILES string of the molecule is COC(=O)c1ccc(NC(=O)CN(c2ccc(C)cc2)S(=O)(=O)c2ccc(C)cc2)cc1. The Bertz CT molecular complexity index is 1200. The second-order valence-electron chi connectivity index (χ2n) is 7.28. The van der Waals surface area contributed by atoms with Crippen molar-refractivity contribution in [2.45, 2.75) is 18.7 Å². The molecule has 0 heterocycles. The van der Waals surface area contributed by atoms with Gasteiger partial charge in [0.15, 0.2) is 0 Å². The van der Waals surface area contributed by atoms with Gasteiger partial charge < -0.3 is 10.1 Å². The maximum absolute atomic E-state index is 13.4. The molecule has 1 amide bonds. The van der Waals surface area contributed by atoms with Crippen molar-refractivity contribution in [3.63, 3.8) is 0 Å². The summed E-state index contributed by atoms with van der Waals surface area (Å²) in [7, 11) is -2.70. The summed E-state index contributed by atoms with van der Waals surface area (Å²) >= 11 is 0. The molecule has 0 unspecified atom stereocenters. The fourth-order valence-corrected chi connectivity index (χ4v) is 4.42. The van der Waals surface area contributed by atoms with Crippen LogP contribution in [-0.4, -0.2) is 33.9 Å². The number of benzene rings is 3. The molecule has 0 aliphatic heterocycles. The third-order valence-electron chi connectivity index (χ3n) is 4.81. The average molecular weight is 453 g/mol. The van der Waals surface area contributed by atoms with Gasteiger partial charge in [0.25, 0.3) is 10.0 Å². The molecule has 0 aliphatic carbocycles. The highest BCUT2D eigenvalue weighted by Crippen LogP contribution is 2.24. The number of anilines is 2. The Labute approximate surface area is 187 Å². The van der Waals surface area contributed by atoms with Crippen LogP contribution in [-0.2, 0) is 19.6 Å². The molecule has 0 bridgehead atoms. The van der Waals surface area contributed by atoms with Crippen LogP contribution in [0, 0.1) is 13.8 Å². The molecule has 0 fully saturated rings. The zero-order valence-corrected chi connectivity index (χ0v) is 18.8. The molecule has 0 saturated heterocycles. The summed E-state index contributed by atoms with van der Waals surface area (Å²) < 4.78 is 32.5. The van der Waals surface area contributed by atoms with Crippen molar-refractivity contribution >= 4 is 33.3 Å². The van der Waals surface area contributed by atoms with Gasteiger partial charge in [0.05, 0.1) is 23.3 Å². The van der Waals surface area contributed by atoms with Crippen molar-refractivity contribution in [1.29, 1.82) is 0 Å². The van der Waals surface area contributed by atoms with E-state index in [-0.39, 0.29) is 4.90 Å². The molecular weight excluding hydrogens is 428 g/mol. The van der Waals surface area contributed by atoms with Crippen LogP contribution in [0.25, 0.3) is 0 Å². The monoisotopic (exact) mass is 452 g/mol. The zero-order valence-electron chi connectivity index (χ0n) is 18.0. The van der Waals surface area contributed by atoms with E-state index in [0.29, 0.717) is 16.9 Å². The maximum Gasteiger partial charge on any atom is 0.337 e. The third-order valence-corrected chi connectivity index (χ3v) is 6.60. The summed E-state index contributed by atoms with van der Waals surface area (Å²) in [5, 5.41) is 2.67. The van der Waals surface area contributed by atoms with Gasteiger partial charge >= 0.3 is 5.97 Å². The van der Waals surface area contributed by atoms with E-state index in [2.05, 4.69) is 10.1 Å². The molecule has 3 aromatic rings. The number of ether oxygens (including phenoxy) is 1. The summed E-state index contributed by atoms with van der Waals surface area (Å²) in [6.45, 7) is 3.35. The van der Waals surface area contributed by atoms with E-state index in [0.717, 1.165) is 15.4 Å². The lowest BCUT2D eigenvalue weighted by atomic mass is 10.2. The number of esters is 1. The van der Waals surface area contributed by atoms with Gasteiger partial charge in [-0.1, -0.05) is 35.4 Å². The number of methoxy groups -OCH3 is 1. The first-order valence-corrected chi connectivity index (χ1v) is 11.3. The van der Waals surface area contributed by atoms with Gasteiger partial charge in [-0.3, -0.25) is 9.10 Å². The number of nitrogens with one attached hydrogen (secondary N) is 1.